The summed E-state index contributed by atoms with van der Waals surface area (Å²) in [6.45, 7) is 3.50. The van der Waals surface area contributed by atoms with Gasteiger partial charge in [0, 0.05) is 18.0 Å². The Labute approximate surface area is 178 Å². The molecule has 2 N–H and O–H groups in total. The molecule has 2 aromatic rings. The summed E-state index contributed by atoms with van der Waals surface area (Å²) in [6, 6.07) is 1.88. The monoisotopic (exact) mass is 452 g/mol. The van der Waals surface area contributed by atoms with Crippen molar-refractivity contribution in [3.8, 4) is 0 Å². The number of nitrogens with one attached hydrogen (secondary N) is 2. The summed E-state index contributed by atoms with van der Waals surface area (Å²) in [5, 5.41) is 3.72. The van der Waals surface area contributed by atoms with Gasteiger partial charge < -0.3 is 4.52 Å². The van der Waals surface area contributed by atoms with Crippen LogP contribution in [0.4, 0.5) is 0 Å². The van der Waals surface area contributed by atoms with Gasteiger partial charge in [0.1, 0.15) is 10.6 Å². The van der Waals surface area contributed by atoms with Crippen LogP contribution in [0.5, 0.6) is 0 Å². The first kappa shape index (κ1) is 21.0. The number of aromatic nitrogens is 1. The van der Waals surface area contributed by atoms with E-state index < -0.39 is 21.8 Å². The fraction of sp³-hybridized carbons (Fsp3) is 0.526. The number of hydrogen-bond acceptors (Lipinski definition) is 7. The van der Waals surface area contributed by atoms with E-state index in [1.165, 1.54) is 26.1 Å². The molecule has 0 spiro atoms. The Morgan fingerprint density at radius 1 is 1.23 bits per heavy atom. The molecule has 30 heavy (non-hydrogen) atoms. The SMILES string of the molecule is Cc1noc(C)c1S(=O)(=O)N1CCC[C@@H](C(=O)NNC(=O)c2cc3c(s2)CCC3)C1. The van der Waals surface area contributed by atoms with Crippen molar-refractivity contribution < 1.29 is 22.5 Å². The molecule has 0 unspecified atom stereocenters. The van der Waals surface area contributed by atoms with Crippen molar-refractivity contribution >= 4 is 33.2 Å². The van der Waals surface area contributed by atoms with Crippen molar-refractivity contribution in [1.82, 2.24) is 20.3 Å². The Bertz CT molecular complexity index is 1050. The summed E-state index contributed by atoms with van der Waals surface area (Å²) in [4.78, 5) is 26.8. The van der Waals surface area contributed by atoms with E-state index in [1.54, 1.807) is 13.8 Å². The second-order valence-corrected chi connectivity index (χ2v) is 10.7. The average molecular weight is 453 g/mol. The molecule has 0 saturated carbocycles. The number of aryl methyl sites for hydroxylation is 4. The molecule has 3 heterocycles. The number of thiophene rings is 1. The van der Waals surface area contributed by atoms with Crippen molar-refractivity contribution in [3.05, 3.63) is 32.8 Å². The maximum absolute atomic E-state index is 13.0. The molecule has 1 atom stereocenters. The predicted octanol–water partition coefficient (Wildman–Crippen LogP) is 1.70. The van der Waals surface area contributed by atoms with E-state index in [0.717, 1.165) is 19.3 Å². The van der Waals surface area contributed by atoms with Crippen molar-refractivity contribution in [2.75, 3.05) is 13.1 Å². The first-order valence-electron chi connectivity index (χ1n) is 9.92. The Morgan fingerprint density at radius 3 is 2.73 bits per heavy atom. The third-order valence-electron chi connectivity index (χ3n) is 5.59. The quantitative estimate of drug-likeness (QED) is 0.681. The molecule has 0 radical (unpaired) electrons. The van der Waals surface area contributed by atoms with Crippen molar-refractivity contribution in [2.45, 2.75) is 50.8 Å². The van der Waals surface area contributed by atoms with Gasteiger partial charge in [-0.3, -0.25) is 20.4 Å². The van der Waals surface area contributed by atoms with Crippen LogP contribution in [0.3, 0.4) is 0 Å². The molecule has 2 aromatic heterocycles. The van der Waals surface area contributed by atoms with Crippen LogP contribution >= 0.6 is 11.3 Å². The van der Waals surface area contributed by atoms with E-state index in [0.29, 0.717) is 30.0 Å². The van der Waals surface area contributed by atoms with E-state index in [1.807, 2.05) is 6.07 Å². The standard InChI is InChI=1S/C19H24N4O5S2/c1-11-17(12(2)28-22-11)30(26,27)23-8-4-6-14(10-23)18(24)20-21-19(25)16-9-13-5-3-7-15(13)29-16/h9,14H,3-8,10H2,1-2H3,(H,20,24)(H,21,25)/t14-/m1/s1. The van der Waals surface area contributed by atoms with Crippen LogP contribution in [0.1, 0.15) is 50.8 Å². The fourth-order valence-corrected chi connectivity index (χ4v) is 7.03. The number of carbonyl (C=O) groups is 2. The molecule has 1 fully saturated rings. The Morgan fingerprint density at radius 2 is 2.03 bits per heavy atom. The lowest BCUT2D eigenvalue weighted by molar-refractivity contribution is -0.126. The minimum atomic E-state index is -3.81. The van der Waals surface area contributed by atoms with Crippen LogP contribution in [0.2, 0.25) is 0 Å². The molecule has 4 rings (SSSR count). The molecule has 1 saturated heterocycles. The average Bonchev–Trinajstić information content (AvgIpc) is 3.41. The summed E-state index contributed by atoms with van der Waals surface area (Å²) in [5.74, 6) is -1.07. The summed E-state index contributed by atoms with van der Waals surface area (Å²) >= 11 is 1.46. The summed E-state index contributed by atoms with van der Waals surface area (Å²) < 4.78 is 32.3. The predicted molar refractivity (Wildman–Crippen MR) is 109 cm³/mol. The minimum absolute atomic E-state index is 0.0431. The molecule has 162 valence electrons. The normalized spacial score (nSPS) is 19.5. The molecule has 1 aliphatic carbocycles. The van der Waals surface area contributed by atoms with E-state index >= 15 is 0 Å². The van der Waals surface area contributed by atoms with E-state index in [2.05, 4.69) is 16.0 Å². The van der Waals surface area contributed by atoms with Gasteiger partial charge in [0.05, 0.1) is 10.8 Å². The van der Waals surface area contributed by atoms with Gasteiger partial charge in [0.15, 0.2) is 5.76 Å². The molecule has 0 aromatic carbocycles. The molecular weight excluding hydrogens is 428 g/mol. The molecular formula is C19H24N4O5S2. The van der Waals surface area contributed by atoms with Crippen LogP contribution in [-0.4, -0.2) is 42.8 Å². The topological polar surface area (TPSA) is 122 Å². The number of carbonyl (C=O) groups excluding carboxylic acids is 2. The molecule has 1 aliphatic heterocycles. The fourth-order valence-electron chi connectivity index (χ4n) is 4.07. The maximum Gasteiger partial charge on any atom is 0.279 e. The first-order valence-corrected chi connectivity index (χ1v) is 12.2. The first-order chi connectivity index (χ1) is 14.3. The van der Waals surface area contributed by atoms with Crippen LogP contribution in [0, 0.1) is 19.8 Å². The van der Waals surface area contributed by atoms with E-state index in [9.17, 15) is 18.0 Å². The summed E-state index contributed by atoms with van der Waals surface area (Å²) in [6.07, 6.45) is 4.20. The van der Waals surface area contributed by atoms with Crippen LogP contribution in [0.25, 0.3) is 0 Å². The Balaban J connectivity index is 1.38. The molecule has 0 bridgehead atoms. The highest BCUT2D eigenvalue weighted by atomic mass is 32.2. The number of amides is 2. The lowest BCUT2D eigenvalue weighted by Gasteiger charge is -2.31. The zero-order valence-corrected chi connectivity index (χ0v) is 18.5. The van der Waals surface area contributed by atoms with Gasteiger partial charge in [0.25, 0.3) is 5.91 Å². The third-order valence-corrected chi connectivity index (χ3v) is 8.94. The van der Waals surface area contributed by atoms with Crippen LogP contribution in [0.15, 0.2) is 15.5 Å². The number of fused-ring (bicyclic) bond motifs is 1. The van der Waals surface area contributed by atoms with Gasteiger partial charge >= 0.3 is 0 Å². The molecule has 11 heteroatoms. The smallest absolute Gasteiger partial charge is 0.279 e. The van der Waals surface area contributed by atoms with Gasteiger partial charge in [0.2, 0.25) is 15.9 Å². The van der Waals surface area contributed by atoms with Gasteiger partial charge in [-0.2, -0.15) is 4.31 Å². The number of sulfonamides is 1. The van der Waals surface area contributed by atoms with Gasteiger partial charge in [-0.15, -0.1) is 11.3 Å². The van der Waals surface area contributed by atoms with Crippen molar-refractivity contribution in [3.63, 3.8) is 0 Å². The molecule has 2 amide bonds. The summed E-state index contributed by atoms with van der Waals surface area (Å²) in [5.41, 5.74) is 6.44. The number of hydrazine groups is 1. The highest BCUT2D eigenvalue weighted by Gasteiger charge is 2.36. The Hall–Kier alpha value is -2.24. The Kier molecular flexibility index (Phi) is 5.69. The van der Waals surface area contributed by atoms with Crippen molar-refractivity contribution in [2.24, 2.45) is 5.92 Å². The van der Waals surface area contributed by atoms with E-state index in [-0.39, 0.29) is 23.1 Å². The number of rotatable bonds is 4. The van der Waals surface area contributed by atoms with Crippen molar-refractivity contribution in [1.29, 1.82) is 0 Å². The minimum Gasteiger partial charge on any atom is -0.360 e. The zero-order valence-electron chi connectivity index (χ0n) is 16.9. The lowest BCUT2D eigenvalue weighted by Crippen LogP contribution is -2.50. The van der Waals surface area contributed by atoms with Crippen LogP contribution < -0.4 is 10.9 Å². The third kappa shape index (κ3) is 3.88. The van der Waals surface area contributed by atoms with Crippen LogP contribution in [-0.2, 0) is 27.7 Å². The maximum atomic E-state index is 13.0. The number of hydrogen-bond donors (Lipinski definition) is 2. The van der Waals surface area contributed by atoms with Gasteiger partial charge in [-0.25, -0.2) is 8.42 Å². The highest BCUT2D eigenvalue weighted by Crippen LogP contribution is 2.30. The van der Waals surface area contributed by atoms with Gasteiger partial charge in [-0.1, -0.05) is 5.16 Å². The largest absolute Gasteiger partial charge is 0.360 e. The lowest BCUT2D eigenvalue weighted by atomic mass is 9.99. The number of piperidine rings is 1. The van der Waals surface area contributed by atoms with E-state index in [4.69, 9.17) is 4.52 Å². The highest BCUT2D eigenvalue weighted by molar-refractivity contribution is 7.89. The second-order valence-electron chi connectivity index (χ2n) is 7.71. The summed E-state index contributed by atoms with van der Waals surface area (Å²) in [7, 11) is -3.81. The molecule has 9 nitrogen and oxygen atoms in total. The zero-order chi connectivity index (χ0) is 21.5. The van der Waals surface area contributed by atoms with Gasteiger partial charge in [-0.05, 0) is 57.6 Å². The second kappa shape index (κ2) is 8.12. The number of nitrogens with zero attached hydrogens (tertiary/aromatic N) is 2. The molecule has 2 aliphatic rings.